The topological polar surface area (TPSA) is 26.5 Å². The molecule has 0 bridgehead atoms. The summed E-state index contributed by atoms with van der Waals surface area (Å²) in [5, 5.41) is 0. The second kappa shape index (κ2) is 4.61. The lowest BCUT2D eigenvalue weighted by Gasteiger charge is -2.00. The summed E-state index contributed by atoms with van der Waals surface area (Å²) in [5.74, 6) is 0.846. The predicted octanol–water partition coefficient (Wildman–Crippen LogP) is 3.61. The molecule has 0 unspecified atom stereocenters. The van der Waals surface area contributed by atoms with Crippen LogP contribution < -0.4 is 4.74 Å². The van der Waals surface area contributed by atoms with E-state index in [1.54, 1.807) is 7.11 Å². The van der Waals surface area contributed by atoms with Gasteiger partial charge in [0, 0.05) is 21.5 Å². The highest BCUT2D eigenvalue weighted by Gasteiger charge is 2.05. The lowest BCUT2D eigenvalue weighted by Crippen LogP contribution is -1.83. The second-order valence-corrected chi connectivity index (χ2v) is 5.22. The number of ether oxygens (including phenoxy) is 1. The number of hydrogen-bond donors (Lipinski definition) is 0. The Morgan fingerprint density at radius 3 is 2.89 bits per heavy atom. The van der Waals surface area contributed by atoms with Gasteiger partial charge in [0.05, 0.1) is 12.8 Å². The fraction of sp³-hybridized carbons (Fsp3) is 0.0714. The first-order valence-electron chi connectivity index (χ1n) is 5.55. The zero-order valence-corrected chi connectivity index (χ0v) is 12.0. The lowest BCUT2D eigenvalue weighted by atomic mass is 10.1. The highest BCUT2D eigenvalue weighted by molar-refractivity contribution is 14.1. The van der Waals surface area contributed by atoms with Crippen molar-refractivity contribution in [3.63, 3.8) is 0 Å². The third kappa shape index (κ3) is 2.08. The van der Waals surface area contributed by atoms with E-state index in [9.17, 15) is 0 Å². The van der Waals surface area contributed by atoms with Crippen molar-refractivity contribution in [2.75, 3.05) is 7.11 Å². The Hall–Kier alpha value is -1.56. The van der Waals surface area contributed by atoms with E-state index in [0.29, 0.717) is 0 Å². The van der Waals surface area contributed by atoms with E-state index in [0.717, 1.165) is 22.7 Å². The van der Waals surface area contributed by atoms with Crippen molar-refractivity contribution < 1.29 is 4.74 Å². The third-order valence-electron chi connectivity index (χ3n) is 2.78. The van der Waals surface area contributed by atoms with E-state index in [1.165, 1.54) is 3.57 Å². The molecule has 2 heterocycles. The molecule has 1 aromatic carbocycles. The second-order valence-electron chi connectivity index (χ2n) is 3.97. The number of halogens is 1. The van der Waals surface area contributed by atoms with Crippen molar-refractivity contribution in [3.05, 3.63) is 52.4 Å². The standard InChI is InChI=1S/C14H11IN2O/c1-18-12-4-2-3-10(7-12)13-9-17-8-11(15)5-6-14(17)16-13/h2-9H,1H3. The number of aromatic nitrogens is 2. The van der Waals surface area contributed by atoms with Crippen molar-refractivity contribution in [2.24, 2.45) is 0 Å². The first-order chi connectivity index (χ1) is 8.76. The summed E-state index contributed by atoms with van der Waals surface area (Å²) in [6.07, 6.45) is 4.10. The van der Waals surface area contributed by atoms with Crippen LogP contribution in [0.3, 0.4) is 0 Å². The molecule has 3 rings (SSSR count). The maximum Gasteiger partial charge on any atom is 0.137 e. The van der Waals surface area contributed by atoms with Crippen LogP contribution in [0.15, 0.2) is 48.8 Å². The SMILES string of the molecule is COc1cccc(-c2cn3cc(I)ccc3n2)c1. The Bertz CT molecular complexity index is 706. The molecule has 0 spiro atoms. The van der Waals surface area contributed by atoms with Crippen molar-refractivity contribution in [1.82, 2.24) is 9.38 Å². The molecule has 0 saturated carbocycles. The molecule has 0 saturated heterocycles. The van der Waals surface area contributed by atoms with Crippen LogP contribution >= 0.6 is 22.6 Å². The van der Waals surface area contributed by atoms with E-state index in [1.807, 2.05) is 40.9 Å². The number of rotatable bonds is 2. The molecule has 0 amide bonds. The van der Waals surface area contributed by atoms with Gasteiger partial charge < -0.3 is 9.14 Å². The molecule has 0 N–H and O–H groups in total. The molecule has 0 radical (unpaired) electrons. The van der Waals surface area contributed by atoms with Gasteiger partial charge in [-0.3, -0.25) is 0 Å². The summed E-state index contributed by atoms with van der Waals surface area (Å²) in [4.78, 5) is 4.60. The average Bonchev–Trinajstić information content (AvgIpc) is 2.81. The summed E-state index contributed by atoms with van der Waals surface area (Å²) in [7, 11) is 1.67. The van der Waals surface area contributed by atoms with Gasteiger partial charge in [0.25, 0.3) is 0 Å². The minimum absolute atomic E-state index is 0.846. The van der Waals surface area contributed by atoms with Gasteiger partial charge in [0.2, 0.25) is 0 Å². The van der Waals surface area contributed by atoms with E-state index in [2.05, 4.69) is 39.8 Å². The Labute approximate surface area is 119 Å². The van der Waals surface area contributed by atoms with Gasteiger partial charge in [-0.05, 0) is 46.9 Å². The van der Waals surface area contributed by atoms with Crippen LogP contribution in [0, 0.1) is 3.57 Å². The fourth-order valence-electron chi connectivity index (χ4n) is 1.89. The predicted molar refractivity (Wildman–Crippen MR) is 79.9 cm³/mol. The molecular weight excluding hydrogens is 339 g/mol. The van der Waals surface area contributed by atoms with Gasteiger partial charge >= 0.3 is 0 Å². The van der Waals surface area contributed by atoms with Crippen molar-refractivity contribution >= 4 is 28.2 Å². The van der Waals surface area contributed by atoms with Crippen LogP contribution in [0.2, 0.25) is 0 Å². The zero-order chi connectivity index (χ0) is 12.5. The molecule has 90 valence electrons. The molecule has 0 aliphatic carbocycles. The fourth-order valence-corrected chi connectivity index (χ4v) is 2.37. The largest absolute Gasteiger partial charge is 0.497 e. The molecule has 4 heteroatoms. The van der Waals surface area contributed by atoms with E-state index < -0.39 is 0 Å². The Morgan fingerprint density at radius 1 is 1.17 bits per heavy atom. The average molecular weight is 350 g/mol. The van der Waals surface area contributed by atoms with Crippen LogP contribution in [-0.2, 0) is 0 Å². The van der Waals surface area contributed by atoms with Crippen LogP contribution in [0.4, 0.5) is 0 Å². The first-order valence-corrected chi connectivity index (χ1v) is 6.63. The smallest absolute Gasteiger partial charge is 0.137 e. The molecule has 0 fully saturated rings. The van der Waals surface area contributed by atoms with Crippen LogP contribution in [-0.4, -0.2) is 16.5 Å². The van der Waals surface area contributed by atoms with Gasteiger partial charge in [0.1, 0.15) is 11.4 Å². The lowest BCUT2D eigenvalue weighted by molar-refractivity contribution is 0.415. The summed E-state index contributed by atoms with van der Waals surface area (Å²) in [6, 6.07) is 12.0. The molecule has 0 atom stereocenters. The molecule has 3 aromatic rings. The van der Waals surface area contributed by atoms with E-state index in [4.69, 9.17) is 4.74 Å². The minimum atomic E-state index is 0.846. The highest BCUT2D eigenvalue weighted by atomic mass is 127. The normalized spacial score (nSPS) is 10.8. The Balaban J connectivity index is 2.13. The molecule has 3 nitrogen and oxygen atoms in total. The van der Waals surface area contributed by atoms with Gasteiger partial charge in [-0.2, -0.15) is 0 Å². The van der Waals surface area contributed by atoms with Gasteiger partial charge in [-0.1, -0.05) is 12.1 Å². The van der Waals surface area contributed by atoms with Crippen LogP contribution in [0.1, 0.15) is 0 Å². The summed E-state index contributed by atoms with van der Waals surface area (Å²) in [5.41, 5.74) is 2.97. The number of imidazole rings is 1. The quantitative estimate of drug-likeness (QED) is 0.660. The van der Waals surface area contributed by atoms with Gasteiger partial charge in [-0.25, -0.2) is 4.98 Å². The number of benzene rings is 1. The molecule has 18 heavy (non-hydrogen) atoms. The molecule has 0 aliphatic rings. The van der Waals surface area contributed by atoms with E-state index in [-0.39, 0.29) is 0 Å². The third-order valence-corrected chi connectivity index (χ3v) is 3.42. The van der Waals surface area contributed by atoms with Gasteiger partial charge in [0.15, 0.2) is 0 Å². The molecular formula is C14H11IN2O. The number of fused-ring (bicyclic) bond motifs is 1. The molecule has 2 aromatic heterocycles. The maximum atomic E-state index is 5.23. The Kier molecular flexibility index (Phi) is 2.95. The molecule has 0 aliphatic heterocycles. The minimum Gasteiger partial charge on any atom is -0.497 e. The maximum absolute atomic E-state index is 5.23. The number of methoxy groups -OCH3 is 1. The van der Waals surface area contributed by atoms with E-state index >= 15 is 0 Å². The first kappa shape index (κ1) is 11.5. The Morgan fingerprint density at radius 2 is 2.06 bits per heavy atom. The highest BCUT2D eigenvalue weighted by Crippen LogP contribution is 2.23. The monoisotopic (exact) mass is 350 g/mol. The van der Waals surface area contributed by atoms with Crippen LogP contribution in [0.25, 0.3) is 16.9 Å². The number of nitrogens with zero attached hydrogens (tertiary/aromatic N) is 2. The van der Waals surface area contributed by atoms with Crippen molar-refractivity contribution in [1.29, 1.82) is 0 Å². The summed E-state index contributed by atoms with van der Waals surface area (Å²) < 4.78 is 8.46. The zero-order valence-electron chi connectivity index (χ0n) is 9.80. The van der Waals surface area contributed by atoms with Crippen molar-refractivity contribution in [3.8, 4) is 17.0 Å². The number of pyridine rings is 1. The van der Waals surface area contributed by atoms with Gasteiger partial charge in [-0.15, -0.1) is 0 Å². The number of hydrogen-bond acceptors (Lipinski definition) is 2. The summed E-state index contributed by atoms with van der Waals surface area (Å²) in [6.45, 7) is 0. The van der Waals surface area contributed by atoms with Crippen molar-refractivity contribution in [2.45, 2.75) is 0 Å². The summed E-state index contributed by atoms with van der Waals surface area (Å²) >= 11 is 2.29. The van der Waals surface area contributed by atoms with Crippen LogP contribution in [0.5, 0.6) is 5.75 Å².